The van der Waals surface area contributed by atoms with Crippen LogP contribution in [0, 0.1) is 0 Å². The first kappa shape index (κ1) is 17.0. The standard InChI is InChI=1S/C15H26N2O2S/c1-12(2)17(9-10-20(18,19)13(3)4)11-14-5-7-15(16)8-6-14/h5-8,12-13H,9-11,16H2,1-4H3. The van der Waals surface area contributed by atoms with Crippen LogP contribution in [0.3, 0.4) is 0 Å². The molecule has 0 atom stereocenters. The van der Waals surface area contributed by atoms with Crippen molar-refractivity contribution in [3.05, 3.63) is 29.8 Å². The van der Waals surface area contributed by atoms with E-state index in [4.69, 9.17) is 5.73 Å². The van der Waals surface area contributed by atoms with Gasteiger partial charge in [0.15, 0.2) is 9.84 Å². The van der Waals surface area contributed by atoms with Gasteiger partial charge in [-0.05, 0) is 45.4 Å². The molecule has 2 N–H and O–H groups in total. The molecule has 0 aliphatic heterocycles. The Hall–Kier alpha value is -1.07. The average Bonchev–Trinajstić information content (AvgIpc) is 2.36. The van der Waals surface area contributed by atoms with E-state index in [1.807, 2.05) is 24.3 Å². The molecular weight excluding hydrogens is 272 g/mol. The molecule has 4 nitrogen and oxygen atoms in total. The van der Waals surface area contributed by atoms with Crippen molar-refractivity contribution in [3.63, 3.8) is 0 Å². The quantitative estimate of drug-likeness (QED) is 0.785. The molecule has 20 heavy (non-hydrogen) atoms. The summed E-state index contributed by atoms with van der Waals surface area (Å²) in [5, 5.41) is -0.312. The largest absolute Gasteiger partial charge is 0.399 e. The maximum Gasteiger partial charge on any atom is 0.153 e. The fraction of sp³-hybridized carbons (Fsp3) is 0.600. The van der Waals surface area contributed by atoms with Gasteiger partial charge in [0.25, 0.3) is 0 Å². The summed E-state index contributed by atoms with van der Waals surface area (Å²) in [6, 6.07) is 8.02. The molecule has 0 aromatic heterocycles. The number of nitrogen functional groups attached to an aromatic ring is 1. The summed E-state index contributed by atoms with van der Waals surface area (Å²) in [6.45, 7) is 8.93. The summed E-state index contributed by atoms with van der Waals surface area (Å²) in [6.07, 6.45) is 0. The first-order valence-electron chi connectivity index (χ1n) is 7.02. The van der Waals surface area contributed by atoms with Gasteiger partial charge in [-0.25, -0.2) is 8.42 Å². The van der Waals surface area contributed by atoms with Gasteiger partial charge in [0, 0.05) is 24.8 Å². The normalized spacial score (nSPS) is 12.6. The van der Waals surface area contributed by atoms with Gasteiger partial charge in [-0.2, -0.15) is 0 Å². The van der Waals surface area contributed by atoms with Crippen LogP contribution in [0.2, 0.25) is 0 Å². The lowest BCUT2D eigenvalue weighted by Gasteiger charge is -2.26. The van der Waals surface area contributed by atoms with Crippen molar-refractivity contribution < 1.29 is 8.42 Å². The number of sulfone groups is 1. The second-order valence-electron chi connectivity index (χ2n) is 5.72. The molecule has 1 rings (SSSR count). The Balaban J connectivity index is 2.68. The molecule has 5 heteroatoms. The fourth-order valence-corrected chi connectivity index (χ4v) is 2.82. The van der Waals surface area contributed by atoms with Gasteiger partial charge in [0.2, 0.25) is 0 Å². The highest BCUT2D eigenvalue weighted by atomic mass is 32.2. The monoisotopic (exact) mass is 298 g/mol. The Morgan fingerprint density at radius 3 is 2.10 bits per heavy atom. The highest BCUT2D eigenvalue weighted by Gasteiger charge is 2.19. The van der Waals surface area contributed by atoms with Crippen molar-refractivity contribution in [3.8, 4) is 0 Å². The van der Waals surface area contributed by atoms with Gasteiger partial charge in [-0.1, -0.05) is 12.1 Å². The van der Waals surface area contributed by atoms with E-state index in [-0.39, 0.29) is 11.0 Å². The summed E-state index contributed by atoms with van der Waals surface area (Å²) in [5.74, 6) is 0.206. The zero-order valence-electron chi connectivity index (χ0n) is 12.8. The molecule has 0 amide bonds. The molecule has 0 aliphatic rings. The Kier molecular flexibility index (Phi) is 6.02. The zero-order chi connectivity index (χ0) is 15.3. The van der Waals surface area contributed by atoms with E-state index in [0.717, 1.165) is 17.8 Å². The average molecular weight is 298 g/mol. The van der Waals surface area contributed by atoms with E-state index < -0.39 is 9.84 Å². The maximum absolute atomic E-state index is 11.9. The molecule has 0 spiro atoms. The molecule has 114 valence electrons. The van der Waals surface area contributed by atoms with Gasteiger partial charge in [0.05, 0.1) is 11.0 Å². The number of hydrogen-bond donors (Lipinski definition) is 1. The lowest BCUT2D eigenvalue weighted by Crippen LogP contribution is -2.36. The highest BCUT2D eigenvalue weighted by Crippen LogP contribution is 2.12. The Morgan fingerprint density at radius 1 is 1.10 bits per heavy atom. The van der Waals surface area contributed by atoms with E-state index >= 15 is 0 Å². The van der Waals surface area contributed by atoms with Crippen LogP contribution in [0.25, 0.3) is 0 Å². The van der Waals surface area contributed by atoms with Crippen LogP contribution in [0.5, 0.6) is 0 Å². The van der Waals surface area contributed by atoms with E-state index in [1.54, 1.807) is 13.8 Å². The third kappa shape index (κ3) is 5.13. The number of nitrogens with zero attached hydrogens (tertiary/aromatic N) is 1. The number of benzene rings is 1. The lowest BCUT2D eigenvalue weighted by molar-refractivity contribution is 0.226. The molecule has 0 radical (unpaired) electrons. The SMILES string of the molecule is CC(C)N(CCS(=O)(=O)C(C)C)Cc1ccc(N)cc1. The van der Waals surface area contributed by atoms with Crippen LogP contribution in [0.1, 0.15) is 33.3 Å². The molecule has 0 heterocycles. The predicted molar refractivity (Wildman–Crippen MR) is 85.3 cm³/mol. The van der Waals surface area contributed by atoms with Gasteiger partial charge >= 0.3 is 0 Å². The van der Waals surface area contributed by atoms with Crippen LogP contribution in [0.4, 0.5) is 5.69 Å². The minimum absolute atomic E-state index is 0.206. The molecule has 1 aromatic carbocycles. The predicted octanol–water partition coefficient (Wildman–Crippen LogP) is 2.30. The van der Waals surface area contributed by atoms with Crippen LogP contribution in [-0.4, -0.2) is 36.9 Å². The Labute approximate surface area is 122 Å². The Bertz CT molecular complexity index is 507. The van der Waals surface area contributed by atoms with Crippen LogP contribution < -0.4 is 5.73 Å². The Morgan fingerprint density at radius 2 is 1.65 bits per heavy atom. The molecule has 0 bridgehead atoms. The number of hydrogen-bond acceptors (Lipinski definition) is 4. The van der Waals surface area contributed by atoms with E-state index in [0.29, 0.717) is 12.6 Å². The number of anilines is 1. The van der Waals surface area contributed by atoms with Crippen molar-refractivity contribution in [2.45, 2.75) is 45.5 Å². The minimum Gasteiger partial charge on any atom is -0.399 e. The van der Waals surface area contributed by atoms with Crippen LogP contribution >= 0.6 is 0 Å². The maximum atomic E-state index is 11.9. The lowest BCUT2D eigenvalue weighted by atomic mass is 10.2. The molecule has 0 unspecified atom stereocenters. The second-order valence-corrected chi connectivity index (χ2v) is 8.40. The van der Waals surface area contributed by atoms with Crippen molar-refractivity contribution in [2.24, 2.45) is 0 Å². The number of rotatable bonds is 7. The molecule has 0 saturated carbocycles. The van der Waals surface area contributed by atoms with Crippen molar-refractivity contribution in [1.82, 2.24) is 4.90 Å². The zero-order valence-corrected chi connectivity index (χ0v) is 13.7. The molecule has 1 aromatic rings. The van der Waals surface area contributed by atoms with Crippen LogP contribution in [-0.2, 0) is 16.4 Å². The van der Waals surface area contributed by atoms with E-state index in [2.05, 4.69) is 18.7 Å². The third-order valence-electron chi connectivity index (χ3n) is 3.48. The van der Waals surface area contributed by atoms with Gasteiger partial charge < -0.3 is 5.73 Å². The topological polar surface area (TPSA) is 63.4 Å². The van der Waals surface area contributed by atoms with E-state index in [9.17, 15) is 8.42 Å². The van der Waals surface area contributed by atoms with Crippen molar-refractivity contribution >= 4 is 15.5 Å². The first-order chi connectivity index (χ1) is 9.22. The number of nitrogens with two attached hydrogens (primary N) is 1. The fourth-order valence-electron chi connectivity index (χ4n) is 1.86. The highest BCUT2D eigenvalue weighted by molar-refractivity contribution is 7.92. The van der Waals surface area contributed by atoms with Gasteiger partial charge in [-0.15, -0.1) is 0 Å². The third-order valence-corrected chi connectivity index (χ3v) is 5.67. The summed E-state index contributed by atoms with van der Waals surface area (Å²) < 4.78 is 23.8. The summed E-state index contributed by atoms with van der Waals surface area (Å²) in [7, 11) is -2.99. The van der Waals surface area contributed by atoms with Gasteiger partial charge in [-0.3, -0.25) is 4.90 Å². The minimum atomic E-state index is -2.99. The van der Waals surface area contributed by atoms with E-state index in [1.165, 1.54) is 0 Å². The van der Waals surface area contributed by atoms with Crippen LogP contribution in [0.15, 0.2) is 24.3 Å². The molecule has 0 aliphatic carbocycles. The second kappa shape index (κ2) is 7.09. The molecular formula is C15H26N2O2S. The van der Waals surface area contributed by atoms with Gasteiger partial charge in [0.1, 0.15) is 0 Å². The van der Waals surface area contributed by atoms with Crippen molar-refractivity contribution in [1.29, 1.82) is 0 Å². The summed E-state index contributed by atoms with van der Waals surface area (Å²) in [4.78, 5) is 2.17. The summed E-state index contributed by atoms with van der Waals surface area (Å²) >= 11 is 0. The smallest absolute Gasteiger partial charge is 0.153 e. The molecule has 0 saturated heterocycles. The summed E-state index contributed by atoms with van der Waals surface area (Å²) in [5.41, 5.74) is 7.56. The molecule has 0 fully saturated rings. The van der Waals surface area contributed by atoms with Crippen molar-refractivity contribution in [2.75, 3.05) is 18.0 Å². The first-order valence-corrected chi connectivity index (χ1v) is 8.74.